The first-order chi connectivity index (χ1) is 0. The predicted octanol–water partition coefficient (Wildman–Crippen LogP) is -1.12. The third kappa shape index (κ3) is 38.1. The molecule has 0 aliphatic heterocycles. The summed E-state index contributed by atoms with van der Waals surface area (Å²) in [5.74, 6) is 0. The molecule has 0 saturated heterocycles. The molecule has 30 valence electrons. The monoisotopic (exact) mass is 560 g/mol. The molecule has 0 saturated carbocycles. The minimum Gasteiger partial charge on any atom is -2.00 e. The number of hydrogen-bond donors (Lipinski definition) is 0. The van der Waals surface area contributed by atoms with Crippen molar-refractivity contribution in [3.8, 4) is 0 Å². The second-order valence-corrected chi connectivity index (χ2v) is 0. The zero-order valence-electron chi connectivity index (χ0n) is 3.53. The maximum Gasteiger partial charge on any atom is 3.00 e. The second kappa shape index (κ2) is 47.8. The Bertz CT molecular complexity index is 10.9. The van der Waals surface area contributed by atoms with E-state index in [-0.39, 0.29) is 151 Å². The molecular weight excluding hydrogens is 559 g/mol. The number of hydrogen-bond acceptors (Lipinski definition) is 0. The van der Waals surface area contributed by atoms with Gasteiger partial charge in [0.15, 0.2) is 0 Å². The predicted molar refractivity (Wildman–Crippen MR) is 13.6 cm³/mol. The molecule has 0 unspecified atom stereocenters. The minimum absolute atomic E-state index is 0. The van der Waals surface area contributed by atoms with E-state index in [0.29, 0.717) is 0 Å². The van der Waals surface area contributed by atoms with Crippen molar-refractivity contribution in [1.82, 2.24) is 0 Å². The summed E-state index contributed by atoms with van der Waals surface area (Å²) in [5.41, 5.74) is 0. The molecule has 0 heterocycles. The maximum atomic E-state index is 0. The summed E-state index contributed by atoms with van der Waals surface area (Å²) in [5, 5.41) is 0. The molecule has 0 aromatic heterocycles. The van der Waals surface area contributed by atoms with Crippen LogP contribution in [0.4, 0.5) is 0 Å². The molecule has 3 nitrogen and oxygen atoms in total. The van der Waals surface area contributed by atoms with E-state index in [0.717, 1.165) is 0 Å². The Morgan fingerprint density at radius 1 is 0.429 bits per heavy atom. The van der Waals surface area contributed by atoms with Crippen LogP contribution in [0.25, 0.3) is 0 Å². The van der Waals surface area contributed by atoms with Crippen LogP contribution in [0.1, 0.15) is 0 Å². The maximum absolute atomic E-state index is 0. The molecule has 7 heteroatoms. The average Bonchev–Trinajstić information content (AvgIpc) is 0. The molecule has 0 aliphatic carbocycles. The van der Waals surface area contributed by atoms with E-state index < -0.39 is 0 Å². The van der Waals surface area contributed by atoms with Crippen molar-refractivity contribution in [1.29, 1.82) is 0 Å². The molecule has 2 radical (unpaired) electrons. The van der Waals surface area contributed by atoms with Crippen LogP contribution in [0.2, 0.25) is 0 Å². The summed E-state index contributed by atoms with van der Waals surface area (Å²) < 4.78 is 0. The third-order valence-corrected chi connectivity index (χ3v) is 0. The summed E-state index contributed by atoms with van der Waals surface area (Å²) in [4.78, 5) is 0. The third-order valence-electron chi connectivity index (χ3n) is 0. The van der Waals surface area contributed by atoms with Crippen LogP contribution in [-0.2, 0) is 16.4 Å². The Hall–Kier alpha value is 4.35. The second-order valence-electron chi connectivity index (χ2n) is 0. The summed E-state index contributed by atoms with van der Waals surface area (Å²) in [7, 11) is 0. The Labute approximate surface area is 147 Å². The fraction of sp³-hybridized carbons (Fsp3) is 0. The smallest absolute Gasteiger partial charge is 2.00 e. The first-order valence-corrected chi connectivity index (χ1v) is 0. The van der Waals surface area contributed by atoms with Gasteiger partial charge in [-0.1, -0.05) is 0 Å². The van der Waals surface area contributed by atoms with Crippen LogP contribution < -0.4 is 0 Å². The van der Waals surface area contributed by atoms with Gasteiger partial charge in [-0.05, 0) is 0 Å². The molecule has 7 heavy (non-hydrogen) atoms. The molecular formula is In2O3Pr2. The first kappa shape index (κ1) is 64.3. The molecule has 0 bridgehead atoms. The van der Waals surface area contributed by atoms with Crippen LogP contribution in [0.3, 0.4) is 0 Å². The van der Waals surface area contributed by atoms with E-state index in [9.17, 15) is 0 Å². The van der Waals surface area contributed by atoms with Crippen LogP contribution in [0.5, 0.6) is 0 Å². The van der Waals surface area contributed by atoms with Gasteiger partial charge in [0.05, 0.1) is 0 Å². The summed E-state index contributed by atoms with van der Waals surface area (Å²) in [6.45, 7) is 0. The van der Waals surface area contributed by atoms with Gasteiger partial charge in [-0.3, -0.25) is 0 Å². The van der Waals surface area contributed by atoms with E-state index >= 15 is 0 Å². The quantitative estimate of drug-likeness (QED) is 0.361. The van der Waals surface area contributed by atoms with Crippen molar-refractivity contribution >= 4 is 51.7 Å². The van der Waals surface area contributed by atoms with Crippen molar-refractivity contribution in [2.45, 2.75) is 0 Å². The van der Waals surface area contributed by atoms with Crippen LogP contribution in [0, 0.1) is 82.6 Å². The Balaban J connectivity index is 0. The molecule has 0 fully saturated rings. The Morgan fingerprint density at radius 3 is 0.429 bits per heavy atom. The van der Waals surface area contributed by atoms with Crippen LogP contribution in [0.15, 0.2) is 0 Å². The average molecular weight is 559 g/mol. The molecule has 0 spiro atoms. The zero-order valence-corrected chi connectivity index (χ0v) is 17.5. The fourth-order valence-corrected chi connectivity index (χ4v) is 0. The van der Waals surface area contributed by atoms with Crippen molar-refractivity contribution in [2.24, 2.45) is 0 Å². The largest absolute Gasteiger partial charge is 3.00 e. The standard InChI is InChI=1S/2In.3O.2Pr/q2*+3;3*-2;;. The van der Waals surface area contributed by atoms with E-state index in [4.69, 9.17) is 0 Å². The number of rotatable bonds is 0. The van der Waals surface area contributed by atoms with Crippen LogP contribution in [-0.4, -0.2) is 51.7 Å². The van der Waals surface area contributed by atoms with Gasteiger partial charge in [0, 0.05) is 82.6 Å². The molecule has 0 aliphatic rings. The van der Waals surface area contributed by atoms with Gasteiger partial charge in [-0.15, -0.1) is 0 Å². The van der Waals surface area contributed by atoms with Gasteiger partial charge >= 0.3 is 51.7 Å². The van der Waals surface area contributed by atoms with Gasteiger partial charge in [0.2, 0.25) is 0 Å². The van der Waals surface area contributed by atoms with Crippen molar-refractivity contribution < 1.29 is 99.0 Å². The molecule has 0 rings (SSSR count). The summed E-state index contributed by atoms with van der Waals surface area (Å²) >= 11 is 0. The van der Waals surface area contributed by atoms with Crippen molar-refractivity contribution in [3.63, 3.8) is 0 Å². The SMILES string of the molecule is [In+3].[In+3].[O-2].[O-2].[O-2].[Pr].[Pr]. The van der Waals surface area contributed by atoms with Gasteiger partial charge in [-0.25, -0.2) is 0 Å². The molecule has 0 atom stereocenters. The van der Waals surface area contributed by atoms with E-state index in [1.807, 2.05) is 0 Å². The van der Waals surface area contributed by atoms with Crippen LogP contribution >= 0.6 is 0 Å². The van der Waals surface area contributed by atoms with Gasteiger partial charge in [-0.2, -0.15) is 0 Å². The zero-order chi connectivity index (χ0) is 0. The van der Waals surface area contributed by atoms with Gasteiger partial charge < -0.3 is 16.4 Å². The van der Waals surface area contributed by atoms with Crippen molar-refractivity contribution in [2.75, 3.05) is 0 Å². The molecule has 0 N–H and O–H groups in total. The molecule has 0 aromatic carbocycles. The molecule has 0 amide bonds. The summed E-state index contributed by atoms with van der Waals surface area (Å²) in [6, 6.07) is 0. The van der Waals surface area contributed by atoms with E-state index in [1.165, 1.54) is 0 Å². The first-order valence-electron chi connectivity index (χ1n) is 0. The van der Waals surface area contributed by atoms with Crippen molar-refractivity contribution in [3.05, 3.63) is 0 Å². The molecule has 0 aromatic rings. The fourth-order valence-electron chi connectivity index (χ4n) is 0. The van der Waals surface area contributed by atoms with Gasteiger partial charge in [0.1, 0.15) is 0 Å². The topological polar surface area (TPSA) is 85.5 Å². The summed E-state index contributed by atoms with van der Waals surface area (Å²) in [6.07, 6.45) is 0. The van der Waals surface area contributed by atoms with E-state index in [2.05, 4.69) is 0 Å². The normalized spacial score (nSPS) is 0. The van der Waals surface area contributed by atoms with E-state index in [1.54, 1.807) is 0 Å². The Kier molecular flexibility index (Phi) is 439. The Morgan fingerprint density at radius 2 is 0.429 bits per heavy atom. The minimum atomic E-state index is 0. The van der Waals surface area contributed by atoms with Gasteiger partial charge in [0.25, 0.3) is 0 Å².